The van der Waals surface area contributed by atoms with E-state index >= 15 is 0 Å². The number of hydrogen-bond donors (Lipinski definition) is 1. The minimum absolute atomic E-state index is 0.115. The van der Waals surface area contributed by atoms with Crippen molar-refractivity contribution < 1.29 is 0 Å². The normalized spacial score (nSPS) is 11.3. The average molecular weight is 151 g/mol. The number of rotatable bonds is 2. The van der Waals surface area contributed by atoms with Gasteiger partial charge >= 0.3 is 0 Å². The number of nitrogens with one attached hydrogen (secondary N) is 1. The molecule has 0 spiro atoms. The molecule has 0 aromatic rings. The Kier molecular flexibility index (Phi) is 4.65. The van der Waals surface area contributed by atoms with E-state index in [0.717, 1.165) is 6.54 Å². The van der Waals surface area contributed by atoms with Gasteiger partial charge in [0.1, 0.15) is 0 Å². The number of likely N-dealkylation sites (N-methyl/N-ethyl adjacent to an activating group) is 1. The summed E-state index contributed by atoms with van der Waals surface area (Å²) < 4.78 is 0. The third-order valence-corrected chi connectivity index (χ3v) is 0.970. The van der Waals surface area contributed by atoms with Crippen molar-refractivity contribution in [2.24, 2.45) is 5.41 Å². The summed E-state index contributed by atoms with van der Waals surface area (Å²) in [5.41, 5.74) is 0.115. The molecule has 0 saturated carbocycles. The fraction of sp³-hybridized carbons (Fsp3) is 0.600. The Balaban J connectivity index is 3.72. The molecule has 0 aromatic carbocycles. The molecule has 0 unspecified atom stereocenters. The first-order valence-corrected chi connectivity index (χ1v) is 3.88. The van der Waals surface area contributed by atoms with Gasteiger partial charge in [-0.15, -0.1) is 0 Å². The Bertz CT molecular complexity index is 173. The van der Waals surface area contributed by atoms with Gasteiger partial charge in [-0.3, -0.25) is 0 Å². The van der Waals surface area contributed by atoms with Crippen molar-refractivity contribution in [1.29, 1.82) is 0 Å². The third kappa shape index (κ3) is 9.26. The van der Waals surface area contributed by atoms with Gasteiger partial charge in [-0.2, -0.15) is 0 Å². The maximum Gasteiger partial charge on any atom is 0.0233 e. The van der Waals surface area contributed by atoms with Gasteiger partial charge in [0.15, 0.2) is 0 Å². The average Bonchev–Trinajstić information content (AvgIpc) is 1.85. The van der Waals surface area contributed by atoms with Crippen molar-refractivity contribution in [2.45, 2.75) is 20.8 Å². The second-order valence-electron chi connectivity index (χ2n) is 3.48. The first-order valence-electron chi connectivity index (χ1n) is 3.88. The van der Waals surface area contributed by atoms with Gasteiger partial charge in [0.25, 0.3) is 0 Å². The van der Waals surface area contributed by atoms with Crippen LogP contribution in [0.5, 0.6) is 0 Å². The van der Waals surface area contributed by atoms with Gasteiger partial charge in [0, 0.05) is 12.0 Å². The molecule has 0 rings (SSSR count). The van der Waals surface area contributed by atoms with Gasteiger partial charge in [-0.05, 0) is 33.9 Å². The molecule has 0 saturated heterocycles. The highest BCUT2D eigenvalue weighted by atomic mass is 14.8. The van der Waals surface area contributed by atoms with Gasteiger partial charge < -0.3 is 5.32 Å². The Morgan fingerprint density at radius 1 is 1.36 bits per heavy atom. The Morgan fingerprint density at radius 3 is 2.45 bits per heavy atom. The maximum atomic E-state index is 3.12. The molecule has 0 amide bonds. The Labute approximate surface area is 69.9 Å². The minimum atomic E-state index is 0.115. The number of hydrogen-bond acceptors (Lipinski definition) is 1. The van der Waals surface area contributed by atoms with Gasteiger partial charge in [0.05, 0.1) is 0 Å². The molecule has 0 heterocycles. The summed E-state index contributed by atoms with van der Waals surface area (Å²) in [7, 11) is 1.92. The summed E-state index contributed by atoms with van der Waals surface area (Å²) in [6, 6.07) is 0. The molecule has 62 valence electrons. The van der Waals surface area contributed by atoms with E-state index in [9.17, 15) is 0 Å². The van der Waals surface area contributed by atoms with E-state index in [2.05, 4.69) is 37.9 Å². The third-order valence-electron chi connectivity index (χ3n) is 0.970. The van der Waals surface area contributed by atoms with Crippen LogP contribution in [0.25, 0.3) is 0 Å². The van der Waals surface area contributed by atoms with Crippen molar-refractivity contribution in [1.82, 2.24) is 5.32 Å². The van der Waals surface area contributed by atoms with Crippen LogP contribution < -0.4 is 5.32 Å². The quantitative estimate of drug-likeness (QED) is 0.593. The minimum Gasteiger partial charge on any atom is -0.316 e. The Hall–Kier alpha value is -0.740. The second-order valence-corrected chi connectivity index (χ2v) is 3.48. The largest absolute Gasteiger partial charge is 0.316 e. The molecular weight excluding hydrogens is 134 g/mol. The van der Waals surface area contributed by atoms with Crippen molar-refractivity contribution >= 4 is 0 Å². The molecular formula is C10H17N. The van der Waals surface area contributed by atoms with Crippen LogP contribution >= 0.6 is 0 Å². The molecule has 0 fully saturated rings. The summed E-state index contributed by atoms with van der Waals surface area (Å²) in [4.78, 5) is 0. The first kappa shape index (κ1) is 10.3. The van der Waals surface area contributed by atoms with E-state index in [0.29, 0.717) is 0 Å². The molecule has 0 aromatic heterocycles. The first-order chi connectivity index (χ1) is 5.06. The van der Waals surface area contributed by atoms with E-state index in [4.69, 9.17) is 0 Å². The zero-order valence-electron chi connectivity index (χ0n) is 7.86. The van der Waals surface area contributed by atoms with Crippen LogP contribution in [-0.2, 0) is 0 Å². The van der Waals surface area contributed by atoms with Crippen molar-refractivity contribution in [3.05, 3.63) is 12.2 Å². The van der Waals surface area contributed by atoms with E-state index in [1.165, 1.54) is 0 Å². The van der Waals surface area contributed by atoms with E-state index in [-0.39, 0.29) is 5.41 Å². The fourth-order valence-corrected chi connectivity index (χ4v) is 0.494. The zero-order valence-corrected chi connectivity index (χ0v) is 7.86. The molecule has 0 aliphatic rings. The summed E-state index contributed by atoms with van der Waals surface area (Å²) in [5, 5.41) is 3.01. The van der Waals surface area contributed by atoms with Gasteiger partial charge in [0.2, 0.25) is 0 Å². The highest BCUT2D eigenvalue weighted by Gasteiger charge is 2.01. The summed E-state index contributed by atoms with van der Waals surface area (Å²) in [5.74, 6) is 6.11. The summed E-state index contributed by atoms with van der Waals surface area (Å²) in [6.45, 7) is 7.20. The molecule has 0 aliphatic carbocycles. The SMILES string of the molecule is CNC/C=C/C#CC(C)(C)C. The lowest BCUT2D eigenvalue weighted by molar-refractivity contribution is 0.571. The lowest BCUT2D eigenvalue weighted by atomic mass is 9.98. The summed E-state index contributed by atoms with van der Waals surface area (Å²) in [6.07, 6.45) is 3.90. The van der Waals surface area contributed by atoms with E-state index in [1.54, 1.807) is 0 Å². The molecule has 1 heteroatoms. The van der Waals surface area contributed by atoms with Crippen LogP contribution in [0.1, 0.15) is 20.8 Å². The van der Waals surface area contributed by atoms with E-state index < -0.39 is 0 Å². The highest BCUT2D eigenvalue weighted by molar-refractivity contribution is 5.19. The molecule has 0 radical (unpaired) electrons. The van der Waals surface area contributed by atoms with Crippen LogP contribution in [0, 0.1) is 17.3 Å². The van der Waals surface area contributed by atoms with Crippen LogP contribution in [0.3, 0.4) is 0 Å². The van der Waals surface area contributed by atoms with Crippen LogP contribution in [0.4, 0.5) is 0 Å². The molecule has 0 aliphatic heterocycles. The second kappa shape index (κ2) is 4.98. The Morgan fingerprint density at radius 2 is 2.00 bits per heavy atom. The molecule has 1 N–H and O–H groups in total. The molecule has 0 atom stereocenters. The summed E-state index contributed by atoms with van der Waals surface area (Å²) >= 11 is 0. The predicted octanol–water partition coefficient (Wildman–Crippen LogP) is 1.81. The lowest BCUT2D eigenvalue weighted by Crippen LogP contribution is -2.03. The fourth-order valence-electron chi connectivity index (χ4n) is 0.494. The molecule has 11 heavy (non-hydrogen) atoms. The van der Waals surface area contributed by atoms with Crippen molar-refractivity contribution in [3.63, 3.8) is 0 Å². The highest BCUT2D eigenvalue weighted by Crippen LogP contribution is 2.09. The monoisotopic (exact) mass is 151 g/mol. The lowest BCUT2D eigenvalue weighted by Gasteiger charge is -2.05. The van der Waals surface area contributed by atoms with Gasteiger partial charge in [-0.25, -0.2) is 0 Å². The van der Waals surface area contributed by atoms with Crippen molar-refractivity contribution in [3.8, 4) is 11.8 Å². The van der Waals surface area contributed by atoms with Gasteiger partial charge in [-0.1, -0.05) is 17.9 Å². The van der Waals surface area contributed by atoms with Crippen LogP contribution in [0.2, 0.25) is 0 Å². The topological polar surface area (TPSA) is 12.0 Å². The predicted molar refractivity (Wildman–Crippen MR) is 50.3 cm³/mol. The standard InChI is InChI=1S/C10H17N/c1-10(2,3)8-6-5-7-9-11-4/h5,7,11H,9H2,1-4H3/b7-5+. The molecule has 1 nitrogen and oxygen atoms in total. The van der Waals surface area contributed by atoms with E-state index in [1.807, 2.05) is 19.2 Å². The maximum absolute atomic E-state index is 3.12. The smallest absolute Gasteiger partial charge is 0.0233 e. The van der Waals surface area contributed by atoms with Crippen LogP contribution in [-0.4, -0.2) is 13.6 Å². The number of allylic oxidation sites excluding steroid dienone is 1. The van der Waals surface area contributed by atoms with Crippen molar-refractivity contribution in [2.75, 3.05) is 13.6 Å². The van der Waals surface area contributed by atoms with Crippen LogP contribution in [0.15, 0.2) is 12.2 Å². The zero-order chi connectivity index (χ0) is 8.74. The molecule has 0 bridgehead atoms.